The summed E-state index contributed by atoms with van der Waals surface area (Å²) in [5, 5.41) is 3.07. The van der Waals surface area contributed by atoms with Crippen LogP contribution in [0.5, 0.6) is 5.75 Å². The molecule has 0 radical (unpaired) electrons. The maximum Gasteiger partial charge on any atom is 0.221 e. The lowest BCUT2D eigenvalue weighted by atomic mass is 9.88. The first-order valence-corrected chi connectivity index (χ1v) is 9.70. The molecule has 28 heavy (non-hydrogen) atoms. The van der Waals surface area contributed by atoms with E-state index in [2.05, 4.69) is 29.6 Å². The Kier molecular flexibility index (Phi) is 6.85. The number of aryl methyl sites for hydroxylation is 1. The summed E-state index contributed by atoms with van der Waals surface area (Å²) < 4.78 is 5.78. The molecular weight excluding hydrogens is 346 g/mol. The van der Waals surface area contributed by atoms with Crippen molar-refractivity contribution in [3.63, 3.8) is 0 Å². The molecule has 0 spiro atoms. The molecule has 0 aliphatic heterocycles. The minimum absolute atomic E-state index is 0.0257. The van der Waals surface area contributed by atoms with Crippen LogP contribution in [0, 0.1) is 6.92 Å². The highest BCUT2D eigenvalue weighted by Gasteiger charge is 2.19. The van der Waals surface area contributed by atoms with E-state index < -0.39 is 0 Å². The van der Waals surface area contributed by atoms with Gasteiger partial charge in [-0.1, -0.05) is 78.4 Å². The van der Waals surface area contributed by atoms with Crippen molar-refractivity contribution in [1.29, 1.82) is 0 Å². The van der Waals surface area contributed by atoms with E-state index in [4.69, 9.17) is 4.74 Å². The van der Waals surface area contributed by atoms with Crippen molar-refractivity contribution in [3.8, 4) is 5.75 Å². The van der Waals surface area contributed by atoms with Gasteiger partial charge in [0.2, 0.25) is 5.91 Å². The topological polar surface area (TPSA) is 38.3 Å². The molecule has 3 rings (SSSR count). The monoisotopic (exact) mass is 373 g/mol. The fourth-order valence-electron chi connectivity index (χ4n) is 3.22. The number of rotatable bonds is 8. The van der Waals surface area contributed by atoms with Crippen LogP contribution in [0.4, 0.5) is 0 Å². The molecule has 144 valence electrons. The third-order valence-electron chi connectivity index (χ3n) is 4.72. The average molecular weight is 373 g/mol. The second-order valence-electron chi connectivity index (χ2n) is 7.17. The minimum atomic E-state index is -0.0685. The molecule has 0 saturated carbocycles. The molecule has 3 aromatic rings. The van der Waals surface area contributed by atoms with Gasteiger partial charge in [0, 0.05) is 12.3 Å². The molecule has 0 saturated heterocycles. The van der Waals surface area contributed by atoms with Gasteiger partial charge in [-0.15, -0.1) is 0 Å². The first-order chi connectivity index (χ1) is 13.6. The van der Waals surface area contributed by atoms with E-state index >= 15 is 0 Å². The molecule has 1 atom stereocenters. The van der Waals surface area contributed by atoms with Crippen LogP contribution in [0.2, 0.25) is 0 Å². The number of carbonyl (C=O) groups excluding carboxylic acids is 1. The van der Waals surface area contributed by atoms with Gasteiger partial charge in [-0.25, -0.2) is 0 Å². The lowest BCUT2D eigenvalue weighted by Gasteiger charge is -2.20. The van der Waals surface area contributed by atoms with E-state index in [1.165, 1.54) is 5.56 Å². The minimum Gasteiger partial charge on any atom is -0.491 e. The summed E-state index contributed by atoms with van der Waals surface area (Å²) in [6.07, 6.45) is 0.406. The van der Waals surface area contributed by atoms with Gasteiger partial charge in [-0.3, -0.25) is 4.79 Å². The first kappa shape index (κ1) is 19.7. The quantitative estimate of drug-likeness (QED) is 0.596. The zero-order valence-corrected chi connectivity index (χ0v) is 16.5. The second kappa shape index (κ2) is 9.75. The molecule has 3 aromatic carbocycles. The Bertz CT molecular complexity index is 821. The van der Waals surface area contributed by atoms with Crippen molar-refractivity contribution in [2.75, 3.05) is 6.61 Å². The van der Waals surface area contributed by atoms with Crippen molar-refractivity contribution in [2.45, 2.75) is 32.2 Å². The molecule has 0 heterocycles. The van der Waals surface area contributed by atoms with Gasteiger partial charge in [0.05, 0.1) is 6.04 Å². The maximum atomic E-state index is 12.7. The highest BCUT2D eigenvalue weighted by atomic mass is 16.5. The van der Waals surface area contributed by atoms with Crippen molar-refractivity contribution < 1.29 is 9.53 Å². The zero-order chi connectivity index (χ0) is 19.8. The summed E-state index contributed by atoms with van der Waals surface area (Å²) in [4.78, 5) is 12.7. The summed E-state index contributed by atoms with van der Waals surface area (Å²) in [6.45, 7) is 4.45. The van der Waals surface area contributed by atoms with Gasteiger partial charge in [0.15, 0.2) is 0 Å². The van der Waals surface area contributed by atoms with Crippen LogP contribution >= 0.6 is 0 Å². The van der Waals surface area contributed by atoms with Crippen LogP contribution in [-0.4, -0.2) is 18.6 Å². The van der Waals surface area contributed by atoms with Crippen molar-refractivity contribution >= 4 is 5.91 Å². The molecule has 0 fully saturated rings. The Morgan fingerprint density at radius 1 is 0.857 bits per heavy atom. The second-order valence-corrected chi connectivity index (χ2v) is 7.17. The van der Waals surface area contributed by atoms with Crippen LogP contribution in [0.25, 0.3) is 0 Å². The Morgan fingerprint density at radius 3 is 1.93 bits per heavy atom. The summed E-state index contributed by atoms with van der Waals surface area (Å²) in [6, 6.07) is 28.2. The number of hydrogen-bond donors (Lipinski definition) is 1. The fourth-order valence-corrected chi connectivity index (χ4v) is 3.22. The van der Waals surface area contributed by atoms with Gasteiger partial charge in [0.25, 0.3) is 0 Å². The molecule has 3 heteroatoms. The van der Waals surface area contributed by atoms with E-state index in [9.17, 15) is 4.79 Å². The van der Waals surface area contributed by atoms with Crippen LogP contribution < -0.4 is 10.1 Å². The normalized spacial score (nSPS) is 11.8. The summed E-state index contributed by atoms with van der Waals surface area (Å²) in [5.41, 5.74) is 3.49. The van der Waals surface area contributed by atoms with Crippen molar-refractivity contribution in [2.24, 2.45) is 0 Å². The molecule has 0 aliphatic carbocycles. The molecule has 0 bridgehead atoms. The Morgan fingerprint density at radius 2 is 1.39 bits per heavy atom. The average Bonchev–Trinajstić information content (AvgIpc) is 2.73. The van der Waals surface area contributed by atoms with Crippen LogP contribution in [0.3, 0.4) is 0 Å². The SMILES string of the molecule is Cc1ccc(OC[C@@H](C)NC(=O)CC(c2ccccc2)c2ccccc2)cc1. The van der Waals surface area contributed by atoms with Crippen LogP contribution in [-0.2, 0) is 4.79 Å². The molecule has 0 aliphatic rings. The highest BCUT2D eigenvalue weighted by Crippen LogP contribution is 2.27. The van der Waals surface area contributed by atoms with Gasteiger partial charge in [0.1, 0.15) is 12.4 Å². The Balaban J connectivity index is 1.59. The van der Waals surface area contributed by atoms with E-state index in [-0.39, 0.29) is 17.9 Å². The molecule has 0 unspecified atom stereocenters. The third kappa shape index (κ3) is 5.71. The fraction of sp³-hybridized carbons (Fsp3) is 0.240. The maximum absolute atomic E-state index is 12.7. The molecule has 1 N–H and O–H groups in total. The summed E-state index contributed by atoms with van der Waals surface area (Å²) >= 11 is 0. The van der Waals surface area contributed by atoms with Crippen LogP contribution in [0.1, 0.15) is 36.0 Å². The molecular formula is C25H27NO2. The predicted molar refractivity (Wildman–Crippen MR) is 114 cm³/mol. The lowest BCUT2D eigenvalue weighted by molar-refractivity contribution is -0.122. The smallest absolute Gasteiger partial charge is 0.221 e. The standard InChI is InChI=1S/C25H27NO2/c1-19-13-15-23(16-14-19)28-18-20(2)26-25(27)17-24(21-9-5-3-6-10-21)22-11-7-4-8-12-22/h3-16,20,24H,17-18H2,1-2H3,(H,26,27)/t20-/m1/s1. The zero-order valence-electron chi connectivity index (χ0n) is 16.5. The Labute approximate surface area is 167 Å². The lowest BCUT2D eigenvalue weighted by Crippen LogP contribution is -2.37. The number of carbonyl (C=O) groups is 1. The van der Waals surface area contributed by atoms with Gasteiger partial charge in [-0.2, -0.15) is 0 Å². The van der Waals surface area contributed by atoms with E-state index in [0.29, 0.717) is 13.0 Å². The number of benzene rings is 3. The molecule has 3 nitrogen and oxygen atoms in total. The summed E-state index contributed by atoms with van der Waals surface area (Å²) in [5.74, 6) is 0.878. The Hall–Kier alpha value is -3.07. The molecule has 1 amide bonds. The summed E-state index contributed by atoms with van der Waals surface area (Å²) in [7, 11) is 0. The van der Waals surface area contributed by atoms with Crippen molar-refractivity contribution in [3.05, 3.63) is 102 Å². The first-order valence-electron chi connectivity index (χ1n) is 9.70. The van der Waals surface area contributed by atoms with Crippen LogP contribution in [0.15, 0.2) is 84.9 Å². The van der Waals surface area contributed by atoms with Gasteiger partial charge < -0.3 is 10.1 Å². The number of ether oxygens (including phenoxy) is 1. The van der Waals surface area contributed by atoms with Crippen molar-refractivity contribution in [1.82, 2.24) is 5.32 Å². The van der Waals surface area contributed by atoms with Gasteiger partial charge >= 0.3 is 0 Å². The third-order valence-corrected chi connectivity index (χ3v) is 4.72. The van der Waals surface area contributed by atoms with E-state index in [0.717, 1.165) is 16.9 Å². The number of hydrogen-bond acceptors (Lipinski definition) is 2. The number of amides is 1. The van der Waals surface area contributed by atoms with Gasteiger partial charge in [-0.05, 0) is 37.1 Å². The largest absolute Gasteiger partial charge is 0.491 e. The predicted octanol–water partition coefficient (Wildman–Crippen LogP) is 5.10. The highest BCUT2D eigenvalue weighted by molar-refractivity contribution is 5.77. The van der Waals surface area contributed by atoms with E-state index in [1.807, 2.05) is 74.5 Å². The number of nitrogens with one attached hydrogen (secondary N) is 1. The molecule has 0 aromatic heterocycles. The van der Waals surface area contributed by atoms with E-state index in [1.54, 1.807) is 0 Å².